The predicted octanol–water partition coefficient (Wildman–Crippen LogP) is 5.51. The van der Waals surface area contributed by atoms with Crippen molar-refractivity contribution in [2.45, 2.75) is 22.6 Å². The molecular weight excluding hydrogens is 359 g/mol. The average molecular weight is 376 g/mol. The molecule has 1 heterocycles. The van der Waals surface area contributed by atoms with Crippen molar-refractivity contribution in [3.8, 4) is 0 Å². The molecule has 3 aromatic carbocycles. The number of Topliss-reactive ketones (excluding diaryl/α,β-unsaturated/α-hetero) is 2. The highest BCUT2D eigenvalue weighted by atomic mass is 32.2. The van der Waals surface area contributed by atoms with Crippen LogP contribution in [0.4, 0.5) is 4.39 Å². The molecule has 0 saturated heterocycles. The lowest BCUT2D eigenvalue weighted by molar-refractivity contribution is -0.119. The van der Waals surface area contributed by atoms with E-state index >= 15 is 0 Å². The maximum atomic E-state index is 13.3. The lowest BCUT2D eigenvalue weighted by Gasteiger charge is -2.32. The van der Waals surface area contributed by atoms with Gasteiger partial charge < -0.3 is 0 Å². The van der Waals surface area contributed by atoms with Gasteiger partial charge in [0.15, 0.2) is 5.78 Å². The Morgan fingerprint density at radius 2 is 1.37 bits per heavy atom. The van der Waals surface area contributed by atoms with Crippen molar-refractivity contribution in [2.75, 3.05) is 0 Å². The van der Waals surface area contributed by atoms with E-state index in [1.54, 1.807) is 11.8 Å². The van der Waals surface area contributed by atoms with E-state index in [1.165, 1.54) is 31.2 Å². The van der Waals surface area contributed by atoms with Gasteiger partial charge in [0, 0.05) is 21.3 Å². The lowest BCUT2D eigenvalue weighted by Crippen LogP contribution is -2.31. The maximum absolute atomic E-state index is 13.3. The minimum absolute atomic E-state index is 0.189. The van der Waals surface area contributed by atoms with Gasteiger partial charge in [0.05, 0.1) is 5.92 Å². The largest absolute Gasteiger partial charge is 0.299 e. The number of fused-ring (bicyclic) bond motifs is 2. The summed E-state index contributed by atoms with van der Waals surface area (Å²) >= 11 is 1.65. The second-order valence-electron chi connectivity index (χ2n) is 6.61. The van der Waals surface area contributed by atoms with Crippen molar-refractivity contribution in [2.24, 2.45) is 5.92 Å². The molecule has 134 valence electrons. The van der Waals surface area contributed by atoms with Crippen LogP contribution in [-0.4, -0.2) is 11.6 Å². The summed E-state index contributed by atoms with van der Waals surface area (Å²) in [5.41, 5.74) is 2.32. The maximum Gasteiger partial charge on any atom is 0.174 e. The average Bonchev–Trinajstić information content (AvgIpc) is 2.68. The number of carbonyl (C=O) groups is 2. The van der Waals surface area contributed by atoms with E-state index in [0.717, 1.165) is 20.9 Å². The predicted molar refractivity (Wildman–Crippen MR) is 104 cm³/mol. The summed E-state index contributed by atoms with van der Waals surface area (Å²) in [6.45, 7) is 1.46. The number of ketones is 2. The molecule has 4 heteroatoms. The zero-order valence-electron chi connectivity index (χ0n) is 14.7. The van der Waals surface area contributed by atoms with Crippen molar-refractivity contribution in [1.82, 2.24) is 0 Å². The second kappa shape index (κ2) is 7.12. The highest BCUT2D eigenvalue weighted by Crippen LogP contribution is 2.49. The van der Waals surface area contributed by atoms with Crippen molar-refractivity contribution in [1.29, 1.82) is 0 Å². The minimum Gasteiger partial charge on any atom is -0.299 e. The van der Waals surface area contributed by atoms with Gasteiger partial charge in [-0.3, -0.25) is 9.59 Å². The monoisotopic (exact) mass is 376 g/mol. The molecule has 3 aromatic rings. The number of hydrogen-bond donors (Lipinski definition) is 0. The Bertz CT molecular complexity index is 981. The van der Waals surface area contributed by atoms with Gasteiger partial charge in [-0.25, -0.2) is 4.39 Å². The van der Waals surface area contributed by atoms with Gasteiger partial charge in [-0.15, -0.1) is 0 Å². The summed E-state index contributed by atoms with van der Waals surface area (Å²) in [5, 5.41) is 0. The molecule has 0 spiro atoms. The Kier molecular flexibility index (Phi) is 4.66. The Balaban J connectivity index is 1.87. The summed E-state index contributed by atoms with van der Waals surface area (Å²) in [4.78, 5) is 28.0. The normalized spacial score (nSPS) is 14.1. The molecule has 0 aromatic heterocycles. The van der Waals surface area contributed by atoms with E-state index in [0.29, 0.717) is 5.56 Å². The molecule has 0 fully saturated rings. The van der Waals surface area contributed by atoms with Crippen LogP contribution in [0.3, 0.4) is 0 Å². The molecule has 0 bridgehead atoms. The zero-order chi connectivity index (χ0) is 19.0. The Hall–Kier alpha value is -2.72. The number of halogens is 1. The van der Waals surface area contributed by atoms with E-state index in [2.05, 4.69) is 0 Å². The van der Waals surface area contributed by atoms with Crippen LogP contribution in [0.1, 0.15) is 34.3 Å². The molecule has 1 unspecified atom stereocenters. The molecular formula is C23H17FO2S. The van der Waals surface area contributed by atoms with Gasteiger partial charge in [0.25, 0.3) is 0 Å². The van der Waals surface area contributed by atoms with Crippen LogP contribution in [0.15, 0.2) is 82.6 Å². The van der Waals surface area contributed by atoms with E-state index in [-0.39, 0.29) is 17.5 Å². The molecule has 4 rings (SSSR count). The van der Waals surface area contributed by atoms with Gasteiger partial charge in [-0.05, 0) is 54.4 Å². The first-order valence-electron chi connectivity index (χ1n) is 8.72. The van der Waals surface area contributed by atoms with Crippen LogP contribution in [0.2, 0.25) is 0 Å². The molecule has 1 aliphatic heterocycles. The highest BCUT2D eigenvalue weighted by molar-refractivity contribution is 7.99. The first-order chi connectivity index (χ1) is 13.1. The van der Waals surface area contributed by atoms with E-state index in [1.807, 2.05) is 48.5 Å². The summed E-state index contributed by atoms with van der Waals surface area (Å²) in [7, 11) is 0. The highest BCUT2D eigenvalue weighted by Gasteiger charge is 2.39. The molecule has 27 heavy (non-hydrogen) atoms. The fraction of sp³-hybridized carbons (Fsp3) is 0.130. The van der Waals surface area contributed by atoms with Crippen molar-refractivity contribution < 1.29 is 14.0 Å². The van der Waals surface area contributed by atoms with E-state index in [4.69, 9.17) is 0 Å². The Morgan fingerprint density at radius 1 is 0.852 bits per heavy atom. The van der Waals surface area contributed by atoms with Gasteiger partial charge in [-0.2, -0.15) is 0 Å². The third-order valence-corrected chi connectivity index (χ3v) is 6.09. The zero-order valence-corrected chi connectivity index (χ0v) is 15.5. The third-order valence-electron chi connectivity index (χ3n) is 4.91. The van der Waals surface area contributed by atoms with Crippen LogP contribution in [0.5, 0.6) is 0 Å². The topological polar surface area (TPSA) is 34.1 Å². The van der Waals surface area contributed by atoms with Crippen LogP contribution >= 0.6 is 11.8 Å². The van der Waals surface area contributed by atoms with Crippen LogP contribution in [0.25, 0.3) is 0 Å². The van der Waals surface area contributed by atoms with E-state index < -0.39 is 11.7 Å². The standard InChI is InChI=1S/C23H17FO2S/c1-14(25)21(23(26)15-10-12-16(24)13-11-15)22-17-6-2-4-8-19(17)27-20-9-5-3-7-18(20)22/h2-13,21-22H,1H3. The molecule has 1 atom stereocenters. The summed E-state index contributed by atoms with van der Waals surface area (Å²) in [5.74, 6) is -2.07. The third kappa shape index (κ3) is 3.21. The second-order valence-corrected chi connectivity index (χ2v) is 7.70. The fourth-order valence-corrected chi connectivity index (χ4v) is 4.83. The molecule has 0 radical (unpaired) electrons. The van der Waals surface area contributed by atoms with Crippen LogP contribution in [0, 0.1) is 11.7 Å². The molecule has 2 nitrogen and oxygen atoms in total. The van der Waals surface area contributed by atoms with Gasteiger partial charge >= 0.3 is 0 Å². The first kappa shape index (κ1) is 17.7. The van der Waals surface area contributed by atoms with Crippen molar-refractivity contribution >= 4 is 23.3 Å². The molecule has 0 saturated carbocycles. The van der Waals surface area contributed by atoms with Gasteiger partial charge in [0.1, 0.15) is 11.6 Å². The molecule has 0 N–H and O–H groups in total. The van der Waals surface area contributed by atoms with Crippen LogP contribution in [-0.2, 0) is 4.79 Å². The SMILES string of the molecule is CC(=O)C(C(=O)c1ccc(F)cc1)C1c2ccccc2Sc2ccccc21. The number of carbonyl (C=O) groups excluding carboxylic acids is 2. The molecule has 1 aliphatic rings. The number of rotatable bonds is 4. The lowest BCUT2D eigenvalue weighted by atomic mass is 9.75. The van der Waals surface area contributed by atoms with Gasteiger partial charge in [-0.1, -0.05) is 48.2 Å². The van der Waals surface area contributed by atoms with Crippen LogP contribution < -0.4 is 0 Å². The minimum atomic E-state index is -0.848. The van der Waals surface area contributed by atoms with E-state index in [9.17, 15) is 14.0 Å². The summed E-state index contributed by atoms with van der Waals surface area (Å²) in [6.07, 6.45) is 0. The molecule has 0 amide bonds. The Morgan fingerprint density at radius 3 is 1.89 bits per heavy atom. The Labute approximate surface area is 161 Å². The van der Waals surface area contributed by atoms with Crippen molar-refractivity contribution in [3.63, 3.8) is 0 Å². The quantitative estimate of drug-likeness (QED) is 0.445. The van der Waals surface area contributed by atoms with Crippen molar-refractivity contribution in [3.05, 3.63) is 95.3 Å². The smallest absolute Gasteiger partial charge is 0.174 e. The fourth-order valence-electron chi connectivity index (χ4n) is 3.67. The summed E-state index contributed by atoms with van der Waals surface area (Å²) < 4.78 is 13.3. The first-order valence-corrected chi connectivity index (χ1v) is 9.54. The van der Waals surface area contributed by atoms with Gasteiger partial charge in [0.2, 0.25) is 0 Å². The molecule has 0 aliphatic carbocycles. The number of benzene rings is 3. The summed E-state index contributed by atoms with van der Waals surface area (Å²) in [6, 6.07) is 21.2. The number of hydrogen-bond acceptors (Lipinski definition) is 3.